The quantitative estimate of drug-likeness (QED) is 0.377. The predicted octanol–water partition coefficient (Wildman–Crippen LogP) is 3.08. The Hall–Kier alpha value is 1.57. The van der Waals surface area contributed by atoms with Gasteiger partial charge in [-0.1, -0.05) is 0 Å². The van der Waals surface area contributed by atoms with Crippen LogP contribution >= 0.6 is 38.4 Å². The molecule has 11 heavy (non-hydrogen) atoms. The molecule has 0 rings (SSSR count). The van der Waals surface area contributed by atoms with E-state index in [0.717, 1.165) is 0 Å². The Bertz CT molecular complexity index is 125. The summed E-state index contributed by atoms with van der Waals surface area (Å²) in [6.07, 6.45) is 3.46. The van der Waals surface area contributed by atoms with Crippen molar-refractivity contribution in [2.24, 2.45) is 0 Å². The maximum absolute atomic E-state index is 5.45. The van der Waals surface area contributed by atoms with Gasteiger partial charge in [-0.05, 0) is 0 Å². The summed E-state index contributed by atoms with van der Waals surface area (Å²) >= 11 is 4.51. The van der Waals surface area contributed by atoms with Gasteiger partial charge in [-0.3, -0.25) is 0 Å². The zero-order chi connectivity index (χ0) is 8.74. The van der Waals surface area contributed by atoms with Crippen molar-refractivity contribution in [3.8, 4) is 0 Å². The van der Waals surface area contributed by atoms with Crippen molar-refractivity contribution in [2.75, 3.05) is 13.2 Å². The van der Waals surface area contributed by atoms with E-state index in [-0.39, 0.29) is 0 Å². The maximum atomic E-state index is 5.45. The van der Waals surface area contributed by atoms with Gasteiger partial charge in [-0.25, -0.2) is 0 Å². The topological polar surface area (TPSA) is 18.5 Å². The Morgan fingerprint density at radius 1 is 1.09 bits per heavy atom. The van der Waals surface area contributed by atoms with E-state index in [1.54, 1.807) is 12.2 Å². The van der Waals surface area contributed by atoms with Crippen LogP contribution in [0.5, 0.6) is 0 Å². The third-order valence-electron chi connectivity index (χ3n) is 0.738. The summed E-state index contributed by atoms with van der Waals surface area (Å²) < 4.78 is 10.9. The van der Waals surface area contributed by atoms with E-state index in [1.807, 2.05) is 0 Å². The van der Waals surface area contributed by atoms with Crippen molar-refractivity contribution in [2.45, 2.75) is 0 Å². The minimum atomic E-state index is -2.42. The van der Waals surface area contributed by atoms with E-state index in [0.29, 0.717) is 13.2 Å². The van der Waals surface area contributed by atoms with Crippen LogP contribution in [0.3, 0.4) is 0 Å². The van der Waals surface area contributed by atoms with Gasteiger partial charge in [0.1, 0.15) is 0 Å². The molecule has 0 atom stereocenters. The molecule has 0 aliphatic rings. The van der Waals surface area contributed by atoms with E-state index in [9.17, 15) is 0 Å². The molecule has 0 saturated carbocycles. The first kappa shape index (κ1) is 12.6. The molecule has 0 aromatic carbocycles. The van der Waals surface area contributed by atoms with Crippen molar-refractivity contribution in [3.05, 3.63) is 25.3 Å². The zero-order valence-corrected chi connectivity index (χ0v) is 11.9. The first-order chi connectivity index (χ1) is 5.12. The molecule has 0 aromatic heterocycles. The van der Waals surface area contributed by atoms with Crippen LogP contribution in [0.1, 0.15) is 0 Å². The first-order valence-electron chi connectivity index (χ1n) is 3.00. The summed E-state index contributed by atoms with van der Waals surface area (Å²) in [5, 5.41) is 0. The molecule has 0 aromatic rings. The Kier molecular flexibility index (Phi) is 8.03. The number of rotatable bonds is 6. The molecule has 0 radical (unpaired) electrons. The fourth-order valence-electron chi connectivity index (χ4n) is 0.354. The summed E-state index contributed by atoms with van der Waals surface area (Å²) in [5.41, 5.74) is 0. The molecule has 0 N–H and O–H groups in total. The van der Waals surface area contributed by atoms with Crippen molar-refractivity contribution in [1.29, 1.82) is 0 Å². The van der Waals surface area contributed by atoms with Gasteiger partial charge in [0, 0.05) is 0 Å². The third kappa shape index (κ3) is 7.92. The summed E-state index contributed by atoms with van der Waals surface area (Å²) in [4.78, 5) is 0. The van der Waals surface area contributed by atoms with E-state index < -0.39 is 9.87 Å². The standard InChI is InChI=1S/2C3H5O.2HI.Ti/c2*1-2-3-4;;;/h2*2H,1,3H2;2*1H;/q2*-1;;;+4/p-2. The molecule has 2 nitrogen and oxygen atoms in total. The van der Waals surface area contributed by atoms with E-state index in [2.05, 4.69) is 51.5 Å². The van der Waals surface area contributed by atoms with Crippen LogP contribution in [0.15, 0.2) is 25.3 Å². The molecule has 0 spiro atoms. The van der Waals surface area contributed by atoms with Gasteiger partial charge in [0.15, 0.2) is 0 Å². The van der Waals surface area contributed by atoms with Crippen LogP contribution in [-0.4, -0.2) is 13.2 Å². The van der Waals surface area contributed by atoms with Gasteiger partial charge in [-0.15, -0.1) is 0 Å². The Labute approximate surface area is 92.1 Å². The van der Waals surface area contributed by atoms with Crippen LogP contribution in [0, 0.1) is 0 Å². The molecule has 64 valence electrons. The Morgan fingerprint density at radius 2 is 1.45 bits per heavy atom. The van der Waals surface area contributed by atoms with E-state index in [4.69, 9.17) is 6.64 Å². The molecule has 0 fully saturated rings. The summed E-state index contributed by atoms with van der Waals surface area (Å²) in [7, 11) is -2.42. The summed E-state index contributed by atoms with van der Waals surface area (Å²) in [6, 6.07) is 0. The Balaban J connectivity index is 3.59. The monoisotopic (exact) mass is 416 g/mol. The second kappa shape index (κ2) is 7.02. The van der Waals surface area contributed by atoms with Gasteiger partial charge in [-0.2, -0.15) is 0 Å². The van der Waals surface area contributed by atoms with Crippen molar-refractivity contribution < 1.29 is 16.5 Å². The second-order valence-corrected chi connectivity index (χ2v) is 24.2. The molecule has 0 aliphatic carbocycles. The van der Waals surface area contributed by atoms with Gasteiger partial charge in [0.2, 0.25) is 0 Å². The summed E-state index contributed by atoms with van der Waals surface area (Å²) in [6.45, 7) is 8.28. The third-order valence-corrected chi connectivity index (χ3v) is 7.44. The SMILES string of the molecule is C=CC[O][Ti]([I])([I])[O]CC=C. The molecular formula is C6H10I2O2Ti. The number of hydrogen-bond acceptors (Lipinski definition) is 2. The van der Waals surface area contributed by atoms with Crippen molar-refractivity contribution in [3.63, 3.8) is 0 Å². The van der Waals surface area contributed by atoms with E-state index >= 15 is 0 Å². The molecule has 0 saturated heterocycles. The van der Waals surface area contributed by atoms with Crippen LogP contribution in [0.25, 0.3) is 0 Å². The average molecular weight is 416 g/mol. The van der Waals surface area contributed by atoms with Gasteiger partial charge < -0.3 is 0 Å². The molecule has 0 amide bonds. The van der Waals surface area contributed by atoms with Gasteiger partial charge in [0.05, 0.1) is 0 Å². The molecule has 0 bridgehead atoms. The predicted molar refractivity (Wildman–Crippen MR) is 60.3 cm³/mol. The van der Waals surface area contributed by atoms with Gasteiger partial charge >= 0.3 is 93.4 Å². The molecule has 0 aliphatic heterocycles. The second-order valence-electron chi connectivity index (χ2n) is 1.66. The van der Waals surface area contributed by atoms with E-state index in [1.165, 1.54) is 0 Å². The molecule has 0 unspecified atom stereocenters. The number of halogens is 2. The van der Waals surface area contributed by atoms with Crippen LogP contribution in [0.2, 0.25) is 0 Å². The van der Waals surface area contributed by atoms with Crippen molar-refractivity contribution >= 4 is 38.4 Å². The first-order valence-corrected chi connectivity index (χ1v) is 14.3. The Morgan fingerprint density at radius 3 is 1.73 bits per heavy atom. The van der Waals surface area contributed by atoms with Gasteiger partial charge in [0.25, 0.3) is 0 Å². The van der Waals surface area contributed by atoms with Crippen LogP contribution in [0.4, 0.5) is 0 Å². The average Bonchev–Trinajstić information content (AvgIpc) is 1.97. The van der Waals surface area contributed by atoms with Crippen LogP contribution in [-0.2, 0) is 16.5 Å². The molecule has 0 heterocycles. The fourth-order valence-corrected chi connectivity index (χ4v) is 4.42. The zero-order valence-electron chi connectivity index (χ0n) is 6.06. The molecule has 5 heteroatoms. The van der Waals surface area contributed by atoms with Crippen LogP contribution < -0.4 is 0 Å². The number of hydrogen-bond donors (Lipinski definition) is 0. The fraction of sp³-hybridized carbons (Fsp3) is 0.333. The molecular weight excluding hydrogens is 406 g/mol. The summed E-state index contributed by atoms with van der Waals surface area (Å²) in [5.74, 6) is 0. The van der Waals surface area contributed by atoms with Crippen molar-refractivity contribution in [1.82, 2.24) is 0 Å². The minimum absolute atomic E-state index is 0.572. The normalized spacial score (nSPS) is 11.1.